The molecule has 4 bridgehead atoms. The first-order chi connectivity index (χ1) is 13.5. The summed E-state index contributed by atoms with van der Waals surface area (Å²) in [5, 5.41) is 4.01. The minimum absolute atomic E-state index is 0.170. The molecular weight excluding hydrogens is 370 g/mol. The third-order valence-corrected chi connectivity index (χ3v) is 8.91. The van der Waals surface area contributed by atoms with Gasteiger partial charge in [0.2, 0.25) is 5.91 Å². The molecule has 1 atom stereocenters. The second-order valence-electron chi connectivity index (χ2n) is 9.93. The van der Waals surface area contributed by atoms with Gasteiger partial charge in [0, 0.05) is 4.88 Å². The Hall–Kier alpha value is -1.36. The van der Waals surface area contributed by atoms with E-state index in [2.05, 4.69) is 12.2 Å². The van der Waals surface area contributed by atoms with Crippen LogP contribution in [0.15, 0.2) is 0 Å². The maximum absolute atomic E-state index is 13.5. The molecule has 5 heteroatoms. The fourth-order valence-corrected chi connectivity index (χ4v) is 8.28. The molecule has 0 aliphatic heterocycles. The van der Waals surface area contributed by atoms with Crippen molar-refractivity contribution in [3.63, 3.8) is 0 Å². The van der Waals surface area contributed by atoms with E-state index in [1.807, 2.05) is 6.92 Å². The van der Waals surface area contributed by atoms with Crippen LogP contribution in [-0.4, -0.2) is 18.5 Å². The highest BCUT2D eigenvalue weighted by molar-refractivity contribution is 7.17. The zero-order valence-electron chi connectivity index (χ0n) is 17.0. The van der Waals surface area contributed by atoms with Crippen LogP contribution >= 0.6 is 11.3 Å². The standard InChI is InChI=1S/C23H31NO3S/c1-3-27-21(25)19-17-5-4-13(2)6-18(17)28-20(19)24-22(26)23-10-14-7-15(11-23)9-16(8-14)12-23/h13-16H,3-12H2,1-2H3,(H,24,26). The summed E-state index contributed by atoms with van der Waals surface area (Å²) in [6.45, 7) is 4.47. The summed E-state index contributed by atoms with van der Waals surface area (Å²) in [7, 11) is 0. The molecule has 152 valence electrons. The van der Waals surface area contributed by atoms with E-state index >= 15 is 0 Å². The van der Waals surface area contributed by atoms with E-state index < -0.39 is 0 Å². The average molecular weight is 402 g/mol. The van der Waals surface area contributed by atoms with Crippen LogP contribution in [0.1, 0.15) is 79.6 Å². The Bertz CT molecular complexity index is 776. The normalized spacial score (nSPS) is 35.5. The molecule has 1 heterocycles. The number of hydrogen-bond acceptors (Lipinski definition) is 4. The first-order valence-corrected chi connectivity index (χ1v) is 11.9. The molecular formula is C23H31NO3S. The van der Waals surface area contributed by atoms with Crippen LogP contribution < -0.4 is 5.32 Å². The van der Waals surface area contributed by atoms with Crippen molar-refractivity contribution < 1.29 is 14.3 Å². The number of fused-ring (bicyclic) bond motifs is 1. The summed E-state index contributed by atoms with van der Waals surface area (Å²) in [5.74, 6) is 2.74. The van der Waals surface area contributed by atoms with Crippen molar-refractivity contribution in [3.05, 3.63) is 16.0 Å². The molecule has 4 nitrogen and oxygen atoms in total. The smallest absolute Gasteiger partial charge is 0.341 e. The Balaban J connectivity index is 1.45. The van der Waals surface area contributed by atoms with Gasteiger partial charge in [-0.1, -0.05) is 6.92 Å². The molecule has 4 saturated carbocycles. The van der Waals surface area contributed by atoms with Gasteiger partial charge in [0.25, 0.3) is 0 Å². The summed E-state index contributed by atoms with van der Waals surface area (Å²) in [6.07, 6.45) is 10.1. The molecule has 1 aromatic rings. The Morgan fingerprint density at radius 1 is 1.14 bits per heavy atom. The third kappa shape index (κ3) is 3.01. The van der Waals surface area contributed by atoms with Crippen molar-refractivity contribution in [2.24, 2.45) is 29.1 Å². The lowest BCUT2D eigenvalue weighted by molar-refractivity contribution is -0.140. The second-order valence-corrected chi connectivity index (χ2v) is 11.0. The quantitative estimate of drug-likeness (QED) is 0.705. The predicted octanol–water partition coefficient (Wildman–Crippen LogP) is 5.20. The van der Waals surface area contributed by atoms with Gasteiger partial charge in [0.1, 0.15) is 5.00 Å². The summed E-state index contributed by atoms with van der Waals surface area (Å²) in [6, 6.07) is 0. The summed E-state index contributed by atoms with van der Waals surface area (Å²) < 4.78 is 5.37. The molecule has 0 radical (unpaired) electrons. The lowest BCUT2D eigenvalue weighted by atomic mass is 9.49. The number of amides is 1. The van der Waals surface area contributed by atoms with Crippen LogP contribution in [0.5, 0.6) is 0 Å². The molecule has 1 N–H and O–H groups in total. The average Bonchev–Trinajstić information content (AvgIpc) is 2.97. The molecule has 4 fully saturated rings. The third-order valence-electron chi connectivity index (χ3n) is 7.74. The highest BCUT2D eigenvalue weighted by Crippen LogP contribution is 2.60. The van der Waals surface area contributed by atoms with Gasteiger partial charge in [-0.3, -0.25) is 4.79 Å². The van der Waals surface area contributed by atoms with Crippen molar-refractivity contribution in [1.82, 2.24) is 0 Å². The van der Waals surface area contributed by atoms with Crippen LogP contribution in [0.2, 0.25) is 0 Å². The van der Waals surface area contributed by atoms with Gasteiger partial charge in [-0.2, -0.15) is 0 Å². The molecule has 5 aliphatic carbocycles. The Morgan fingerprint density at radius 3 is 2.39 bits per heavy atom. The van der Waals surface area contributed by atoms with E-state index in [9.17, 15) is 9.59 Å². The zero-order valence-corrected chi connectivity index (χ0v) is 17.8. The number of thiophene rings is 1. The minimum atomic E-state index is -0.268. The molecule has 1 unspecified atom stereocenters. The van der Waals surface area contributed by atoms with E-state index in [0.29, 0.717) is 18.1 Å². The van der Waals surface area contributed by atoms with Crippen molar-refractivity contribution in [1.29, 1.82) is 0 Å². The molecule has 1 aromatic heterocycles. The van der Waals surface area contributed by atoms with Crippen LogP contribution in [0.4, 0.5) is 5.00 Å². The van der Waals surface area contributed by atoms with Crippen molar-refractivity contribution in [2.75, 3.05) is 11.9 Å². The monoisotopic (exact) mass is 401 g/mol. The Kier molecular flexibility index (Phi) is 4.57. The number of carbonyl (C=O) groups is 2. The number of esters is 1. The van der Waals surface area contributed by atoms with Gasteiger partial charge in [0.15, 0.2) is 0 Å². The van der Waals surface area contributed by atoms with Gasteiger partial charge >= 0.3 is 5.97 Å². The van der Waals surface area contributed by atoms with E-state index in [1.54, 1.807) is 11.3 Å². The fraction of sp³-hybridized carbons (Fsp3) is 0.739. The van der Waals surface area contributed by atoms with Gasteiger partial charge in [-0.15, -0.1) is 11.3 Å². The molecule has 28 heavy (non-hydrogen) atoms. The largest absolute Gasteiger partial charge is 0.462 e. The molecule has 0 saturated heterocycles. The Labute approximate surface area is 171 Å². The van der Waals surface area contributed by atoms with Crippen molar-refractivity contribution in [3.8, 4) is 0 Å². The predicted molar refractivity (Wildman–Crippen MR) is 111 cm³/mol. The minimum Gasteiger partial charge on any atom is -0.462 e. The maximum Gasteiger partial charge on any atom is 0.341 e. The van der Waals surface area contributed by atoms with E-state index in [1.165, 1.54) is 24.1 Å². The van der Waals surface area contributed by atoms with Crippen LogP contribution in [0.25, 0.3) is 0 Å². The molecule has 0 spiro atoms. The first-order valence-electron chi connectivity index (χ1n) is 11.1. The van der Waals surface area contributed by atoms with Crippen LogP contribution in [0.3, 0.4) is 0 Å². The number of rotatable bonds is 4. The molecule has 5 aliphatic rings. The van der Waals surface area contributed by atoms with E-state index in [4.69, 9.17) is 4.74 Å². The van der Waals surface area contributed by atoms with Gasteiger partial charge in [-0.25, -0.2) is 4.79 Å². The lowest BCUT2D eigenvalue weighted by Crippen LogP contribution is -2.51. The SMILES string of the molecule is CCOC(=O)c1c(NC(=O)C23CC4CC(CC(C4)C2)C3)sc2c1CCC(C)C2. The van der Waals surface area contributed by atoms with Crippen LogP contribution in [-0.2, 0) is 22.4 Å². The highest BCUT2D eigenvalue weighted by Gasteiger charge is 2.54. The van der Waals surface area contributed by atoms with Gasteiger partial charge < -0.3 is 10.1 Å². The van der Waals surface area contributed by atoms with Crippen molar-refractivity contribution >= 4 is 28.2 Å². The first kappa shape index (κ1) is 18.7. The number of ether oxygens (including phenoxy) is 1. The Morgan fingerprint density at radius 2 is 1.79 bits per heavy atom. The zero-order chi connectivity index (χ0) is 19.5. The number of carbonyl (C=O) groups excluding carboxylic acids is 2. The van der Waals surface area contributed by atoms with E-state index in [-0.39, 0.29) is 17.3 Å². The fourth-order valence-electron chi connectivity index (χ4n) is 6.88. The summed E-state index contributed by atoms with van der Waals surface area (Å²) in [4.78, 5) is 27.5. The molecule has 0 aromatic carbocycles. The summed E-state index contributed by atoms with van der Waals surface area (Å²) in [5.41, 5.74) is 1.58. The molecule has 1 amide bonds. The van der Waals surface area contributed by atoms with E-state index in [0.717, 1.165) is 66.8 Å². The van der Waals surface area contributed by atoms with Crippen molar-refractivity contribution in [2.45, 2.75) is 71.6 Å². The van der Waals surface area contributed by atoms with Crippen LogP contribution in [0, 0.1) is 29.1 Å². The topological polar surface area (TPSA) is 55.4 Å². The van der Waals surface area contributed by atoms with Gasteiger partial charge in [-0.05, 0) is 93.9 Å². The maximum atomic E-state index is 13.5. The van der Waals surface area contributed by atoms with Gasteiger partial charge in [0.05, 0.1) is 17.6 Å². The highest BCUT2D eigenvalue weighted by atomic mass is 32.1. The second kappa shape index (κ2) is 6.86. The molecule has 6 rings (SSSR count). The number of hydrogen-bond donors (Lipinski definition) is 1. The summed E-state index contributed by atoms with van der Waals surface area (Å²) >= 11 is 1.62. The number of nitrogens with one attached hydrogen (secondary N) is 1. The lowest BCUT2D eigenvalue weighted by Gasteiger charge is -2.55. The number of anilines is 1.